The monoisotopic (exact) mass is 352 g/mol. The zero-order valence-corrected chi connectivity index (χ0v) is 14.1. The lowest BCUT2D eigenvalue weighted by Crippen LogP contribution is -2.42. The number of fused-ring (bicyclic) bond motifs is 1. The third-order valence-corrected chi connectivity index (χ3v) is 4.75. The molecule has 3 rings (SSSR count). The maximum Gasteiger partial charge on any atom is 0.223 e. The van der Waals surface area contributed by atoms with Gasteiger partial charge in [0.05, 0.1) is 29.4 Å². The van der Waals surface area contributed by atoms with Gasteiger partial charge >= 0.3 is 0 Å². The Balaban J connectivity index is 1.57. The quantitative estimate of drug-likeness (QED) is 0.678. The zero-order valence-electron chi connectivity index (χ0n) is 13.3. The first-order chi connectivity index (χ1) is 11.3. The molecule has 0 aliphatic carbocycles. The Labute approximate surface area is 139 Å². The lowest BCUT2D eigenvalue weighted by Gasteiger charge is -2.15. The highest BCUT2D eigenvalue weighted by atomic mass is 32.2. The molecule has 0 saturated carbocycles. The van der Waals surface area contributed by atoms with E-state index in [-0.39, 0.29) is 25.4 Å². The Bertz CT molecular complexity index is 815. The number of amides is 1. The summed E-state index contributed by atoms with van der Waals surface area (Å²) in [5.41, 5.74) is 1.78. The predicted molar refractivity (Wildman–Crippen MR) is 88.8 cm³/mol. The Kier molecular flexibility index (Phi) is 4.57. The number of imidazole rings is 1. The van der Waals surface area contributed by atoms with Crippen molar-refractivity contribution in [1.29, 1.82) is 0 Å². The van der Waals surface area contributed by atoms with Gasteiger partial charge < -0.3 is 15.0 Å². The van der Waals surface area contributed by atoms with E-state index in [9.17, 15) is 18.3 Å². The highest BCUT2D eigenvalue weighted by Gasteiger charge is 2.35. The molecule has 1 aromatic carbocycles. The van der Waals surface area contributed by atoms with Crippen molar-refractivity contribution in [2.45, 2.75) is 25.0 Å². The fourth-order valence-corrected chi connectivity index (χ4v) is 3.67. The molecular formula is C15H20N4O4S. The molecule has 9 heteroatoms. The fraction of sp³-hybridized carbons (Fsp3) is 0.467. The topological polar surface area (TPSA) is 115 Å². The number of carbonyl (C=O) groups excluding carboxylic acids is 1. The number of carbonyl (C=O) groups is 1. The van der Waals surface area contributed by atoms with Gasteiger partial charge in [0, 0.05) is 25.9 Å². The molecule has 1 amide bonds. The molecule has 130 valence electrons. The molecule has 1 saturated heterocycles. The Morgan fingerprint density at radius 2 is 2.17 bits per heavy atom. The summed E-state index contributed by atoms with van der Waals surface area (Å²) in [7, 11) is -3.42. The van der Waals surface area contributed by atoms with Crippen molar-refractivity contribution in [2.75, 3.05) is 19.3 Å². The van der Waals surface area contributed by atoms with Crippen LogP contribution in [0.4, 0.5) is 0 Å². The van der Waals surface area contributed by atoms with Gasteiger partial charge in [0.25, 0.3) is 0 Å². The molecule has 1 aromatic heterocycles. The molecule has 0 spiro atoms. The van der Waals surface area contributed by atoms with E-state index < -0.39 is 22.2 Å². The van der Waals surface area contributed by atoms with Gasteiger partial charge in [-0.3, -0.25) is 4.79 Å². The van der Waals surface area contributed by atoms with Crippen LogP contribution in [-0.4, -0.2) is 65.8 Å². The summed E-state index contributed by atoms with van der Waals surface area (Å²) in [5.74, 6) is 0.599. The number of aromatic amines is 1. The average molecular weight is 352 g/mol. The number of aromatic nitrogens is 2. The molecule has 8 nitrogen and oxygen atoms in total. The van der Waals surface area contributed by atoms with E-state index in [0.717, 1.165) is 23.1 Å². The van der Waals surface area contributed by atoms with Crippen molar-refractivity contribution in [3.8, 4) is 0 Å². The van der Waals surface area contributed by atoms with E-state index in [1.54, 1.807) is 0 Å². The average Bonchev–Trinajstić information content (AvgIpc) is 3.07. The Hall–Kier alpha value is -1.97. The molecule has 2 heterocycles. The fourth-order valence-electron chi connectivity index (χ4n) is 2.89. The molecule has 24 heavy (non-hydrogen) atoms. The minimum absolute atomic E-state index is 0.131. The van der Waals surface area contributed by atoms with E-state index in [0.29, 0.717) is 6.42 Å². The van der Waals surface area contributed by atoms with Crippen LogP contribution in [-0.2, 0) is 21.2 Å². The van der Waals surface area contributed by atoms with Crippen molar-refractivity contribution in [2.24, 2.45) is 0 Å². The third kappa shape index (κ3) is 3.92. The van der Waals surface area contributed by atoms with Gasteiger partial charge in [-0.1, -0.05) is 12.1 Å². The van der Waals surface area contributed by atoms with Gasteiger partial charge in [0.1, 0.15) is 5.82 Å². The smallest absolute Gasteiger partial charge is 0.223 e. The first-order valence-electron chi connectivity index (χ1n) is 7.68. The van der Waals surface area contributed by atoms with Crippen LogP contribution in [0.3, 0.4) is 0 Å². The molecule has 0 radical (unpaired) electrons. The van der Waals surface area contributed by atoms with E-state index in [1.165, 1.54) is 4.90 Å². The van der Waals surface area contributed by atoms with Crippen LogP contribution in [0.2, 0.25) is 0 Å². The van der Waals surface area contributed by atoms with Crippen molar-refractivity contribution >= 4 is 27.0 Å². The molecule has 1 aliphatic rings. The molecular weight excluding hydrogens is 332 g/mol. The van der Waals surface area contributed by atoms with Crippen LogP contribution >= 0.6 is 0 Å². The molecule has 2 aromatic rings. The second-order valence-electron chi connectivity index (χ2n) is 6.06. The number of para-hydroxylation sites is 2. The minimum Gasteiger partial charge on any atom is -0.390 e. The molecule has 1 fully saturated rings. The highest BCUT2D eigenvalue weighted by molar-refractivity contribution is 7.88. The second kappa shape index (κ2) is 6.50. The van der Waals surface area contributed by atoms with Crippen LogP contribution < -0.4 is 4.72 Å². The van der Waals surface area contributed by atoms with Crippen LogP contribution in [0, 0.1) is 0 Å². The van der Waals surface area contributed by atoms with Crippen LogP contribution in [0.25, 0.3) is 11.0 Å². The van der Waals surface area contributed by atoms with Gasteiger partial charge in [0.2, 0.25) is 15.9 Å². The lowest BCUT2D eigenvalue weighted by atomic mass is 10.2. The first kappa shape index (κ1) is 16.9. The number of likely N-dealkylation sites (tertiary alicyclic amines) is 1. The third-order valence-electron chi connectivity index (χ3n) is 4.02. The van der Waals surface area contributed by atoms with E-state index in [2.05, 4.69) is 14.7 Å². The predicted octanol–water partition coefficient (Wildman–Crippen LogP) is -0.384. The maximum absolute atomic E-state index is 12.3. The van der Waals surface area contributed by atoms with Gasteiger partial charge in [-0.2, -0.15) is 0 Å². The number of nitrogens with one attached hydrogen (secondary N) is 2. The number of sulfonamides is 1. The number of H-pyrrole nitrogens is 1. The van der Waals surface area contributed by atoms with Crippen molar-refractivity contribution < 1.29 is 18.3 Å². The van der Waals surface area contributed by atoms with E-state index in [4.69, 9.17) is 0 Å². The Morgan fingerprint density at radius 1 is 1.42 bits per heavy atom. The largest absolute Gasteiger partial charge is 0.390 e. The SMILES string of the molecule is CS(=O)(=O)N[C@@H]1CN(C(=O)CCc2nc3ccccc3[nH]2)C[C@H]1O. The van der Waals surface area contributed by atoms with Crippen molar-refractivity contribution in [3.63, 3.8) is 0 Å². The number of rotatable bonds is 5. The standard InChI is InChI=1S/C15H20N4O4S/c1-24(22,23)18-12-8-19(9-13(12)20)15(21)7-6-14-16-10-4-2-3-5-11(10)17-14/h2-5,12-13,18,20H,6-9H2,1H3,(H,16,17)/t12-,13-/m1/s1. The maximum atomic E-state index is 12.3. The lowest BCUT2D eigenvalue weighted by molar-refractivity contribution is -0.130. The Morgan fingerprint density at radius 3 is 2.88 bits per heavy atom. The number of β-amino-alcohol motifs (C(OH)–C–C–N with tert-alkyl or cyclic N) is 1. The summed E-state index contributed by atoms with van der Waals surface area (Å²) in [6.45, 7) is 0.305. The number of aliphatic hydroxyl groups is 1. The molecule has 1 aliphatic heterocycles. The van der Waals surface area contributed by atoms with Crippen LogP contribution in [0.1, 0.15) is 12.2 Å². The summed E-state index contributed by atoms with van der Waals surface area (Å²) < 4.78 is 24.9. The van der Waals surface area contributed by atoms with Crippen LogP contribution in [0.15, 0.2) is 24.3 Å². The van der Waals surface area contributed by atoms with Crippen molar-refractivity contribution in [3.05, 3.63) is 30.1 Å². The summed E-state index contributed by atoms with van der Waals surface area (Å²) in [4.78, 5) is 21.4. The second-order valence-corrected chi connectivity index (χ2v) is 7.84. The van der Waals surface area contributed by atoms with E-state index in [1.807, 2.05) is 24.3 Å². The number of aryl methyl sites for hydroxylation is 1. The normalized spacial score (nSPS) is 21.5. The van der Waals surface area contributed by atoms with Crippen molar-refractivity contribution in [1.82, 2.24) is 19.6 Å². The molecule has 3 N–H and O–H groups in total. The summed E-state index contributed by atoms with van der Waals surface area (Å²) in [6, 6.07) is 6.98. The highest BCUT2D eigenvalue weighted by Crippen LogP contribution is 2.15. The van der Waals surface area contributed by atoms with Gasteiger partial charge in [0.15, 0.2) is 0 Å². The zero-order chi connectivity index (χ0) is 17.3. The summed E-state index contributed by atoms with van der Waals surface area (Å²) in [5, 5.41) is 9.91. The number of nitrogens with zero attached hydrogens (tertiary/aromatic N) is 2. The molecule has 0 unspecified atom stereocenters. The molecule has 0 bridgehead atoms. The first-order valence-corrected chi connectivity index (χ1v) is 9.58. The number of benzene rings is 1. The van der Waals surface area contributed by atoms with Gasteiger partial charge in [-0.05, 0) is 12.1 Å². The molecule has 2 atom stereocenters. The summed E-state index contributed by atoms with van der Waals surface area (Å²) >= 11 is 0. The number of hydrogen-bond acceptors (Lipinski definition) is 5. The van der Waals surface area contributed by atoms with Gasteiger partial charge in [-0.15, -0.1) is 0 Å². The van der Waals surface area contributed by atoms with Gasteiger partial charge in [-0.25, -0.2) is 18.1 Å². The number of aliphatic hydroxyl groups excluding tert-OH is 1. The summed E-state index contributed by atoms with van der Waals surface area (Å²) in [6.07, 6.45) is 0.851. The van der Waals surface area contributed by atoms with E-state index >= 15 is 0 Å². The minimum atomic E-state index is -3.42. The number of hydrogen-bond donors (Lipinski definition) is 3. The van der Waals surface area contributed by atoms with Crippen LogP contribution in [0.5, 0.6) is 0 Å².